The number of carbonyl (C=O) groups excluding carboxylic acids is 2. The summed E-state index contributed by atoms with van der Waals surface area (Å²) in [7, 11) is 1.40. The summed E-state index contributed by atoms with van der Waals surface area (Å²) < 4.78 is 4.75. The van der Waals surface area contributed by atoms with E-state index in [1.54, 1.807) is 0 Å². The number of hydrogen-bond acceptors (Lipinski definition) is 5. The van der Waals surface area contributed by atoms with Crippen molar-refractivity contribution >= 4 is 23.2 Å². The van der Waals surface area contributed by atoms with Crippen LogP contribution in [0.2, 0.25) is 0 Å². The van der Waals surface area contributed by atoms with Gasteiger partial charge in [0.25, 0.3) is 0 Å². The summed E-state index contributed by atoms with van der Waals surface area (Å²) in [6.45, 7) is 10.2. The Hall–Kier alpha value is -1.40. The van der Waals surface area contributed by atoms with Crippen LogP contribution < -0.4 is 0 Å². The molecule has 2 rings (SSSR count). The minimum atomic E-state index is -0.321. The monoisotopic (exact) mass is 338 g/mol. The Balaban J connectivity index is 1.92. The van der Waals surface area contributed by atoms with Gasteiger partial charge < -0.3 is 9.64 Å². The lowest BCUT2D eigenvalue weighted by molar-refractivity contribution is -0.139. The van der Waals surface area contributed by atoms with Gasteiger partial charge in [-0.3, -0.25) is 9.69 Å². The van der Waals surface area contributed by atoms with Crippen molar-refractivity contribution in [2.24, 2.45) is 5.41 Å². The van der Waals surface area contributed by atoms with Crippen molar-refractivity contribution in [3.8, 4) is 0 Å². The van der Waals surface area contributed by atoms with Gasteiger partial charge >= 0.3 is 5.97 Å². The first-order chi connectivity index (χ1) is 10.8. The van der Waals surface area contributed by atoms with Gasteiger partial charge in [-0.25, -0.2) is 4.79 Å². The highest BCUT2D eigenvalue weighted by molar-refractivity contribution is 7.13. The SMILES string of the molecule is COC(=O)c1ccc(CN2CCCN(C(=O)C(C)(C)C)CC2)s1. The molecule has 0 aliphatic carbocycles. The zero-order valence-corrected chi connectivity index (χ0v) is 15.2. The van der Waals surface area contributed by atoms with Crippen molar-refractivity contribution in [2.75, 3.05) is 33.3 Å². The van der Waals surface area contributed by atoms with E-state index in [1.807, 2.05) is 37.8 Å². The van der Waals surface area contributed by atoms with Crippen molar-refractivity contribution in [1.29, 1.82) is 0 Å². The maximum absolute atomic E-state index is 12.4. The fourth-order valence-corrected chi connectivity index (χ4v) is 3.67. The van der Waals surface area contributed by atoms with E-state index >= 15 is 0 Å². The highest BCUT2D eigenvalue weighted by Crippen LogP contribution is 2.21. The number of ether oxygens (including phenoxy) is 1. The third-order valence-corrected chi connectivity index (χ3v) is 5.00. The van der Waals surface area contributed by atoms with Crippen LogP contribution in [0.3, 0.4) is 0 Å². The van der Waals surface area contributed by atoms with E-state index in [9.17, 15) is 9.59 Å². The smallest absolute Gasteiger partial charge is 0.348 e. The van der Waals surface area contributed by atoms with Crippen molar-refractivity contribution in [3.63, 3.8) is 0 Å². The molecule has 1 fully saturated rings. The average molecular weight is 338 g/mol. The zero-order chi connectivity index (χ0) is 17.0. The molecule has 128 valence electrons. The third-order valence-electron chi connectivity index (χ3n) is 3.95. The number of methoxy groups -OCH3 is 1. The lowest BCUT2D eigenvalue weighted by Gasteiger charge is -2.28. The Kier molecular flexibility index (Phi) is 5.81. The average Bonchev–Trinajstić information content (AvgIpc) is 2.83. The van der Waals surface area contributed by atoms with Crippen molar-refractivity contribution < 1.29 is 14.3 Å². The number of thiophene rings is 1. The molecule has 2 heterocycles. The predicted octanol–water partition coefficient (Wildman–Crippen LogP) is 2.62. The van der Waals surface area contributed by atoms with E-state index in [-0.39, 0.29) is 17.3 Å². The second-order valence-corrected chi connectivity index (χ2v) is 8.10. The molecule has 1 aromatic rings. The number of rotatable bonds is 3. The highest BCUT2D eigenvalue weighted by Gasteiger charge is 2.28. The molecule has 1 amide bonds. The minimum absolute atomic E-state index is 0.225. The van der Waals surface area contributed by atoms with Crippen LogP contribution >= 0.6 is 11.3 Å². The summed E-state index contributed by atoms with van der Waals surface area (Å²) in [6, 6.07) is 3.80. The third kappa shape index (κ3) is 4.78. The molecule has 0 atom stereocenters. The number of hydrogen-bond donors (Lipinski definition) is 0. The van der Waals surface area contributed by atoms with Crippen LogP contribution in [-0.4, -0.2) is 55.0 Å². The summed E-state index contributed by atoms with van der Waals surface area (Å²) in [5, 5.41) is 0. The molecular weight excluding hydrogens is 312 g/mol. The first-order valence-corrected chi connectivity index (χ1v) is 8.81. The van der Waals surface area contributed by atoms with Crippen LogP contribution in [0.15, 0.2) is 12.1 Å². The van der Waals surface area contributed by atoms with Gasteiger partial charge in [0.05, 0.1) is 7.11 Å². The molecule has 0 radical (unpaired) electrons. The van der Waals surface area contributed by atoms with Crippen LogP contribution in [0.4, 0.5) is 0 Å². The molecule has 0 bridgehead atoms. The molecule has 0 spiro atoms. The molecule has 5 nitrogen and oxygen atoms in total. The quantitative estimate of drug-likeness (QED) is 0.795. The van der Waals surface area contributed by atoms with Gasteiger partial charge in [0.15, 0.2) is 0 Å². The summed E-state index contributed by atoms with van der Waals surface area (Å²) in [5.41, 5.74) is -0.321. The van der Waals surface area contributed by atoms with E-state index in [2.05, 4.69) is 4.90 Å². The van der Waals surface area contributed by atoms with Gasteiger partial charge in [0, 0.05) is 43.0 Å². The molecule has 1 saturated heterocycles. The van der Waals surface area contributed by atoms with Crippen LogP contribution in [0.5, 0.6) is 0 Å². The molecule has 1 aliphatic heterocycles. The van der Waals surface area contributed by atoms with Crippen LogP contribution in [-0.2, 0) is 16.1 Å². The Labute approximate surface area is 142 Å². The lowest BCUT2D eigenvalue weighted by Crippen LogP contribution is -2.41. The largest absolute Gasteiger partial charge is 0.465 e. The zero-order valence-electron chi connectivity index (χ0n) is 14.4. The van der Waals surface area contributed by atoms with Gasteiger partial charge in [-0.1, -0.05) is 20.8 Å². The second kappa shape index (κ2) is 7.45. The first-order valence-electron chi connectivity index (χ1n) is 8.00. The standard InChI is InChI=1S/C17H26N2O3S/c1-17(2,3)16(21)19-9-5-8-18(10-11-19)12-13-6-7-14(23-13)15(20)22-4/h6-7H,5,8-12H2,1-4H3. The second-order valence-electron chi connectivity index (χ2n) is 6.93. The van der Waals surface area contributed by atoms with Gasteiger partial charge in [-0.2, -0.15) is 0 Å². The lowest BCUT2D eigenvalue weighted by atomic mass is 9.94. The Morgan fingerprint density at radius 3 is 2.57 bits per heavy atom. The molecule has 0 N–H and O–H groups in total. The molecular formula is C17H26N2O3S. The number of carbonyl (C=O) groups is 2. The topological polar surface area (TPSA) is 49.9 Å². The Bertz CT molecular complexity index is 562. The summed E-state index contributed by atoms with van der Waals surface area (Å²) >= 11 is 1.48. The van der Waals surface area contributed by atoms with Gasteiger partial charge in [-0.05, 0) is 18.6 Å². The summed E-state index contributed by atoms with van der Waals surface area (Å²) in [5.74, 6) is -0.0532. The minimum Gasteiger partial charge on any atom is -0.465 e. The molecule has 23 heavy (non-hydrogen) atoms. The maximum Gasteiger partial charge on any atom is 0.348 e. The van der Waals surface area contributed by atoms with Gasteiger partial charge in [-0.15, -0.1) is 11.3 Å². The fourth-order valence-electron chi connectivity index (χ4n) is 2.70. The van der Waals surface area contributed by atoms with Crippen LogP contribution in [0.25, 0.3) is 0 Å². The molecule has 0 aromatic carbocycles. The number of amides is 1. The van der Waals surface area contributed by atoms with E-state index in [4.69, 9.17) is 4.74 Å². The normalized spacial score (nSPS) is 17.0. The van der Waals surface area contributed by atoms with Crippen LogP contribution in [0, 0.1) is 5.41 Å². The van der Waals surface area contributed by atoms with Crippen molar-refractivity contribution in [1.82, 2.24) is 9.80 Å². The molecule has 1 aliphatic rings. The van der Waals surface area contributed by atoms with E-state index in [1.165, 1.54) is 18.4 Å². The predicted molar refractivity (Wildman–Crippen MR) is 91.6 cm³/mol. The summed E-state index contributed by atoms with van der Waals surface area (Å²) in [4.78, 5) is 30.0. The van der Waals surface area contributed by atoms with E-state index in [0.717, 1.165) is 44.0 Å². The summed E-state index contributed by atoms with van der Waals surface area (Å²) in [6.07, 6.45) is 0.983. The first kappa shape index (κ1) is 17.9. The number of esters is 1. The van der Waals surface area contributed by atoms with Crippen LogP contribution in [0.1, 0.15) is 41.7 Å². The van der Waals surface area contributed by atoms with Gasteiger partial charge in [0.2, 0.25) is 5.91 Å². The van der Waals surface area contributed by atoms with E-state index in [0.29, 0.717) is 4.88 Å². The maximum atomic E-state index is 12.4. The number of nitrogens with zero attached hydrogens (tertiary/aromatic N) is 2. The molecule has 0 unspecified atom stereocenters. The molecule has 1 aromatic heterocycles. The highest BCUT2D eigenvalue weighted by atomic mass is 32.1. The van der Waals surface area contributed by atoms with Crippen molar-refractivity contribution in [2.45, 2.75) is 33.7 Å². The van der Waals surface area contributed by atoms with Crippen molar-refractivity contribution in [3.05, 3.63) is 21.9 Å². The molecule has 6 heteroatoms. The Morgan fingerprint density at radius 1 is 1.17 bits per heavy atom. The Morgan fingerprint density at radius 2 is 1.91 bits per heavy atom. The fraction of sp³-hybridized carbons (Fsp3) is 0.647. The van der Waals surface area contributed by atoms with Gasteiger partial charge in [0.1, 0.15) is 4.88 Å². The molecule has 0 saturated carbocycles. The van der Waals surface area contributed by atoms with E-state index < -0.39 is 0 Å².